The van der Waals surface area contributed by atoms with E-state index in [1.54, 1.807) is 12.1 Å². The van der Waals surface area contributed by atoms with Crippen molar-refractivity contribution in [2.45, 2.75) is 19.6 Å². The quantitative estimate of drug-likeness (QED) is 0.298. The number of amides is 2. The molecule has 0 saturated carbocycles. The number of hydrogen-bond acceptors (Lipinski definition) is 7. The minimum Gasteiger partial charge on any atom is -0.493 e. The van der Waals surface area contributed by atoms with Crippen LogP contribution in [0.25, 0.3) is 16.8 Å². The summed E-state index contributed by atoms with van der Waals surface area (Å²) in [6.45, 7) is 1.72. The van der Waals surface area contributed by atoms with Crippen molar-refractivity contribution < 1.29 is 28.6 Å². The van der Waals surface area contributed by atoms with Crippen LogP contribution < -0.4 is 9.47 Å². The number of nitrogens with zero attached hydrogens (tertiary/aromatic N) is 1. The van der Waals surface area contributed by atoms with Crippen molar-refractivity contribution in [3.8, 4) is 11.5 Å². The number of carbonyl (C=O) groups is 3. The summed E-state index contributed by atoms with van der Waals surface area (Å²) in [6.07, 6.45) is 1.53. The topological polar surface area (TPSA) is 82.1 Å². The first-order valence-electron chi connectivity index (χ1n) is 10.7. The van der Waals surface area contributed by atoms with Crippen molar-refractivity contribution in [3.05, 3.63) is 75.7 Å². The van der Waals surface area contributed by atoms with Gasteiger partial charge in [-0.1, -0.05) is 54.1 Å². The molecule has 0 spiro atoms. The van der Waals surface area contributed by atoms with Gasteiger partial charge in [0.1, 0.15) is 12.6 Å². The first-order valence-corrected chi connectivity index (χ1v) is 11.9. The average molecular weight is 512 g/mol. The molecule has 0 radical (unpaired) electrons. The number of carbonyl (C=O) groups excluding carboxylic acids is 3. The van der Waals surface area contributed by atoms with Gasteiger partial charge in [-0.3, -0.25) is 14.5 Å². The van der Waals surface area contributed by atoms with E-state index in [0.29, 0.717) is 17.1 Å². The molecule has 2 amide bonds. The molecule has 7 nitrogen and oxygen atoms in total. The predicted molar refractivity (Wildman–Crippen MR) is 136 cm³/mol. The van der Waals surface area contributed by atoms with Gasteiger partial charge in [0.15, 0.2) is 11.5 Å². The Hall–Kier alpha value is -3.49. The van der Waals surface area contributed by atoms with Gasteiger partial charge in [-0.2, -0.15) is 0 Å². The molecule has 3 aromatic rings. The number of hydrogen-bond donors (Lipinski definition) is 0. The lowest BCUT2D eigenvalue weighted by Gasteiger charge is -2.18. The van der Waals surface area contributed by atoms with Crippen molar-refractivity contribution in [1.29, 1.82) is 0 Å². The molecule has 3 aromatic carbocycles. The Morgan fingerprint density at radius 3 is 2.60 bits per heavy atom. The summed E-state index contributed by atoms with van der Waals surface area (Å²) in [5.74, 6) is -0.506. The maximum atomic E-state index is 12.8. The third-order valence-corrected chi connectivity index (χ3v) is 6.72. The highest BCUT2D eigenvalue weighted by molar-refractivity contribution is 8.18. The number of fused-ring (bicyclic) bond motifs is 1. The zero-order valence-corrected chi connectivity index (χ0v) is 20.8. The van der Waals surface area contributed by atoms with Crippen LogP contribution in [-0.2, 0) is 20.9 Å². The number of thioether (sulfide) groups is 1. The zero-order valence-electron chi connectivity index (χ0n) is 19.2. The molecule has 1 atom stereocenters. The molecule has 0 unspecified atom stereocenters. The summed E-state index contributed by atoms with van der Waals surface area (Å²) in [6, 6.07) is 16.3. The summed E-state index contributed by atoms with van der Waals surface area (Å²) in [5.41, 5.74) is 1.54. The first-order chi connectivity index (χ1) is 16.8. The molecule has 0 aliphatic carbocycles. The fourth-order valence-electron chi connectivity index (χ4n) is 3.77. The second kappa shape index (κ2) is 10.4. The van der Waals surface area contributed by atoms with Crippen LogP contribution in [0.3, 0.4) is 0 Å². The number of halogens is 1. The van der Waals surface area contributed by atoms with Crippen molar-refractivity contribution in [2.24, 2.45) is 0 Å². The smallest absolute Gasteiger partial charge is 0.328 e. The molecule has 0 aromatic heterocycles. The monoisotopic (exact) mass is 511 g/mol. The lowest BCUT2D eigenvalue weighted by molar-refractivity contribution is -0.148. The zero-order chi connectivity index (χ0) is 25.1. The van der Waals surface area contributed by atoms with Crippen LogP contribution in [0.2, 0.25) is 5.02 Å². The number of methoxy groups -OCH3 is 2. The Labute approximate surface area is 211 Å². The molecule has 9 heteroatoms. The van der Waals surface area contributed by atoms with Gasteiger partial charge in [0.2, 0.25) is 0 Å². The summed E-state index contributed by atoms with van der Waals surface area (Å²) in [7, 11) is 2.69. The van der Waals surface area contributed by atoms with Crippen LogP contribution in [-0.4, -0.2) is 42.3 Å². The Morgan fingerprint density at radius 1 is 1.11 bits per heavy atom. The molecule has 1 aliphatic rings. The Morgan fingerprint density at radius 2 is 1.86 bits per heavy atom. The standard InChI is InChI=1S/C26H22ClNO6S/c1-15(25(30)33-3)28-24(29)22(35-26(28)31)13-16-11-20(27)23(21(12-16)32-2)34-14-18-9-6-8-17-7-4-5-10-19(17)18/h4-13,15H,14H2,1-3H3/b22-13+/t15-/m1/s1. The number of imide groups is 1. The van der Waals surface area contributed by atoms with Crippen LogP contribution in [0, 0.1) is 0 Å². The second-order valence-corrected chi connectivity index (χ2v) is 9.11. The Balaban J connectivity index is 1.58. The maximum absolute atomic E-state index is 12.8. The summed E-state index contributed by atoms with van der Waals surface area (Å²) in [5, 5.41) is 1.93. The van der Waals surface area contributed by atoms with Crippen molar-refractivity contribution in [2.75, 3.05) is 14.2 Å². The van der Waals surface area contributed by atoms with Crippen LogP contribution in [0.4, 0.5) is 4.79 Å². The van der Waals surface area contributed by atoms with Gasteiger partial charge in [-0.15, -0.1) is 0 Å². The summed E-state index contributed by atoms with van der Waals surface area (Å²) >= 11 is 7.26. The van der Waals surface area contributed by atoms with E-state index in [2.05, 4.69) is 4.74 Å². The molecule has 0 N–H and O–H groups in total. The third-order valence-electron chi connectivity index (χ3n) is 5.55. The predicted octanol–water partition coefficient (Wildman–Crippen LogP) is 5.68. The van der Waals surface area contributed by atoms with Gasteiger partial charge >= 0.3 is 5.97 Å². The van der Waals surface area contributed by atoms with E-state index in [0.717, 1.165) is 33.0 Å². The lowest BCUT2D eigenvalue weighted by Crippen LogP contribution is -2.42. The fraction of sp³-hybridized carbons (Fsp3) is 0.192. The van der Waals surface area contributed by atoms with Crippen LogP contribution in [0.1, 0.15) is 18.1 Å². The minimum atomic E-state index is -1.03. The Bertz CT molecular complexity index is 1350. The van der Waals surface area contributed by atoms with Gasteiger partial charge in [-0.05, 0) is 58.8 Å². The van der Waals surface area contributed by atoms with Crippen LogP contribution >= 0.6 is 23.4 Å². The van der Waals surface area contributed by atoms with Crippen molar-refractivity contribution >= 4 is 57.3 Å². The normalized spacial score (nSPS) is 15.5. The highest BCUT2D eigenvalue weighted by Crippen LogP contribution is 2.40. The molecule has 35 heavy (non-hydrogen) atoms. The SMILES string of the molecule is COC(=O)[C@@H](C)N1C(=O)S/C(=C/c2cc(Cl)c(OCc3cccc4ccccc34)c(OC)c2)C1=O. The molecule has 4 rings (SSSR count). The molecule has 0 bridgehead atoms. The first kappa shape index (κ1) is 24.6. The number of rotatable bonds is 7. The number of benzene rings is 3. The van der Waals surface area contributed by atoms with E-state index in [-0.39, 0.29) is 16.5 Å². The van der Waals surface area contributed by atoms with Crippen LogP contribution in [0.15, 0.2) is 59.5 Å². The van der Waals surface area contributed by atoms with Gasteiger partial charge < -0.3 is 14.2 Å². The van der Waals surface area contributed by atoms with Gasteiger partial charge in [0, 0.05) is 0 Å². The van der Waals surface area contributed by atoms with Crippen molar-refractivity contribution in [3.63, 3.8) is 0 Å². The lowest BCUT2D eigenvalue weighted by atomic mass is 10.1. The third kappa shape index (κ3) is 4.99. The molecule has 1 aliphatic heterocycles. The summed E-state index contributed by atoms with van der Waals surface area (Å²) < 4.78 is 16.2. The minimum absolute atomic E-state index is 0.160. The van der Waals surface area contributed by atoms with Gasteiger partial charge in [0.05, 0.1) is 24.1 Å². The molecular weight excluding hydrogens is 490 g/mol. The fourth-order valence-corrected chi connectivity index (χ4v) is 4.95. The highest BCUT2D eigenvalue weighted by atomic mass is 35.5. The van der Waals surface area contributed by atoms with E-state index in [1.165, 1.54) is 27.2 Å². The van der Waals surface area contributed by atoms with E-state index in [1.807, 2.05) is 42.5 Å². The van der Waals surface area contributed by atoms with Crippen molar-refractivity contribution in [1.82, 2.24) is 4.90 Å². The van der Waals surface area contributed by atoms with Crippen LogP contribution in [0.5, 0.6) is 11.5 Å². The van der Waals surface area contributed by atoms with Gasteiger partial charge in [0.25, 0.3) is 11.1 Å². The largest absolute Gasteiger partial charge is 0.493 e. The molecule has 1 saturated heterocycles. The van der Waals surface area contributed by atoms with Gasteiger partial charge in [-0.25, -0.2) is 4.79 Å². The Kier molecular flexibility index (Phi) is 7.33. The second-order valence-electron chi connectivity index (χ2n) is 7.71. The summed E-state index contributed by atoms with van der Waals surface area (Å²) in [4.78, 5) is 38.0. The molecule has 1 heterocycles. The van der Waals surface area contributed by atoms with E-state index in [9.17, 15) is 14.4 Å². The molecule has 180 valence electrons. The maximum Gasteiger partial charge on any atom is 0.328 e. The average Bonchev–Trinajstić information content (AvgIpc) is 3.14. The molecular formula is C26H22ClNO6S. The highest BCUT2D eigenvalue weighted by Gasteiger charge is 2.41. The molecule has 1 fully saturated rings. The van der Waals surface area contributed by atoms with E-state index >= 15 is 0 Å². The van der Waals surface area contributed by atoms with E-state index in [4.69, 9.17) is 21.1 Å². The number of ether oxygens (including phenoxy) is 3. The van der Waals surface area contributed by atoms with E-state index < -0.39 is 23.2 Å². The number of esters is 1.